The molecule has 13 heteroatoms. The van der Waals surface area contributed by atoms with Gasteiger partial charge in [0.25, 0.3) is 0 Å². The number of allylic oxidation sites excluding steroid dienone is 4. The first-order valence-electron chi connectivity index (χ1n) is 23.7. The molecular formula is C46H87O12P. The molecule has 1 fully saturated rings. The van der Waals surface area contributed by atoms with Crippen molar-refractivity contribution in [2.75, 3.05) is 19.8 Å². The van der Waals surface area contributed by atoms with Crippen molar-refractivity contribution in [3.05, 3.63) is 24.3 Å². The Balaban J connectivity index is 2.35. The number of carbonyl (C=O) groups excluding carboxylic acids is 1. The Labute approximate surface area is 358 Å². The van der Waals surface area contributed by atoms with E-state index in [1.807, 2.05) is 0 Å². The van der Waals surface area contributed by atoms with E-state index in [1.54, 1.807) is 0 Å². The Morgan fingerprint density at radius 3 is 1.37 bits per heavy atom. The number of aliphatic hydroxyl groups excluding tert-OH is 5. The summed E-state index contributed by atoms with van der Waals surface area (Å²) in [5.74, 6) is -0.486. The molecule has 0 aromatic heterocycles. The third kappa shape index (κ3) is 29.7. The van der Waals surface area contributed by atoms with Crippen LogP contribution in [0.3, 0.4) is 0 Å². The lowest BCUT2D eigenvalue weighted by molar-refractivity contribution is -0.220. The average molecular weight is 863 g/mol. The summed E-state index contributed by atoms with van der Waals surface area (Å²) in [4.78, 5) is 23.1. The maximum absolute atomic E-state index is 12.8. The summed E-state index contributed by atoms with van der Waals surface area (Å²) in [6.07, 6.45) is 29.7. The van der Waals surface area contributed by atoms with Crippen LogP contribution in [-0.4, -0.2) is 98.9 Å². The maximum Gasteiger partial charge on any atom is 0.472 e. The fraction of sp³-hybridized carbons (Fsp3) is 0.891. The topological polar surface area (TPSA) is 192 Å². The molecule has 0 saturated heterocycles. The molecular weight excluding hydrogens is 775 g/mol. The smallest absolute Gasteiger partial charge is 0.457 e. The largest absolute Gasteiger partial charge is 0.472 e. The van der Waals surface area contributed by atoms with Crippen LogP contribution in [0.1, 0.15) is 200 Å². The van der Waals surface area contributed by atoms with Crippen molar-refractivity contribution in [1.29, 1.82) is 0 Å². The summed E-state index contributed by atoms with van der Waals surface area (Å²) in [5.41, 5.74) is 0. The van der Waals surface area contributed by atoms with Crippen LogP contribution < -0.4 is 0 Å². The molecule has 1 saturated carbocycles. The van der Waals surface area contributed by atoms with Crippen LogP contribution in [0.15, 0.2) is 24.3 Å². The summed E-state index contributed by atoms with van der Waals surface area (Å²) in [5, 5.41) is 50.2. The second kappa shape index (κ2) is 37.4. The predicted molar refractivity (Wildman–Crippen MR) is 235 cm³/mol. The first kappa shape index (κ1) is 55.8. The fourth-order valence-corrected chi connectivity index (χ4v) is 8.20. The van der Waals surface area contributed by atoms with Crippen LogP contribution in [0.25, 0.3) is 0 Å². The lowest BCUT2D eigenvalue weighted by atomic mass is 9.85. The average Bonchev–Trinajstić information content (AvgIpc) is 3.22. The van der Waals surface area contributed by atoms with E-state index in [2.05, 4.69) is 38.2 Å². The molecule has 6 N–H and O–H groups in total. The first-order chi connectivity index (χ1) is 28.5. The number of esters is 1. The molecule has 0 aromatic carbocycles. The minimum atomic E-state index is -5.02. The molecule has 6 atom stereocenters. The van der Waals surface area contributed by atoms with Crippen LogP contribution >= 0.6 is 7.82 Å². The van der Waals surface area contributed by atoms with E-state index in [0.717, 1.165) is 57.8 Å². The van der Waals surface area contributed by atoms with Crippen molar-refractivity contribution in [1.82, 2.24) is 0 Å². The third-order valence-corrected chi connectivity index (χ3v) is 12.0. The molecule has 0 spiro atoms. The van der Waals surface area contributed by atoms with Crippen LogP contribution in [-0.2, 0) is 27.9 Å². The Morgan fingerprint density at radius 1 is 0.525 bits per heavy atom. The monoisotopic (exact) mass is 863 g/mol. The maximum atomic E-state index is 12.8. The van der Waals surface area contributed by atoms with Crippen LogP contribution in [0.2, 0.25) is 0 Å². The molecule has 0 heterocycles. The van der Waals surface area contributed by atoms with Crippen molar-refractivity contribution >= 4 is 13.8 Å². The van der Waals surface area contributed by atoms with Gasteiger partial charge in [0.05, 0.1) is 13.2 Å². The number of hydrogen-bond acceptors (Lipinski definition) is 11. The fourth-order valence-electron chi connectivity index (χ4n) is 7.23. The number of ether oxygens (including phenoxy) is 2. The molecule has 0 amide bonds. The summed E-state index contributed by atoms with van der Waals surface area (Å²) in [6, 6.07) is 0. The van der Waals surface area contributed by atoms with Crippen LogP contribution in [0, 0.1) is 0 Å². The molecule has 1 rings (SSSR count). The number of hydrogen-bond donors (Lipinski definition) is 6. The van der Waals surface area contributed by atoms with E-state index in [9.17, 15) is 39.8 Å². The minimum Gasteiger partial charge on any atom is -0.457 e. The summed E-state index contributed by atoms with van der Waals surface area (Å²) in [7, 11) is -5.02. The van der Waals surface area contributed by atoms with Crippen molar-refractivity contribution in [2.45, 2.75) is 243 Å². The molecule has 0 aromatic rings. The zero-order valence-electron chi connectivity index (χ0n) is 37.1. The van der Waals surface area contributed by atoms with Gasteiger partial charge in [-0.05, 0) is 64.2 Å². The second-order valence-corrected chi connectivity index (χ2v) is 18.0. The van der Waals surface area contributed by atoms with Gasteiger partial charge in [0.15, 0.2) is 0 Å². The Kier molecular flexibility index (Phi) is 35.4. The van der Waals surface area contributed by atoms with Gasteiger partial charge in [-0.25, -0.2) is 4.57 Å². The first-order valence-corrected chi connectivity index (χ1v) is 25.2. The number of unbranched alkanes of at least 4 members (excludes halogenated alkanes) is 24. The number of phosphoric ester groups is 1. The van der Waals surface area contributed by atoms with E-state index < -0.39 is 63.1 Å². The van der Waals surface area contributed by atoms with Crippen molar-refractivity contribution < 1.29 is 58.3 Å². The molecule has 12 nitrogen and oxygen atoms in total. The lowest BCUT2D eigenvalue weighted by Gasteiger charge is -2.41. The molecule has 0 bridgehead atoms. The van der Waals surface area contributed by atoms with Crippen LogP contribution in [0.4, 0.5) is 0 Å². The van der Waals surface area contributed by atoms with E-state index in [4.69, 9.17) is 18.5 Å². The summed E-state index contributed by atoms with van der Waals surface area (Å²) in [6.45, 7) is 4.23. The summed E-state index contributed by atoms with van der Waals surface area (Å²) >= 11 is 0. The minimum absolute atomic E-state index is 0.0785. The lowest BCUT2D eigenvalue weighted by Crippen LogP contribution is -2.64. The second-order valence-electron chi connectivity index (χ2n) is 16.6. The molecule has 1 aliphatic carbocycles. The van der Waals surface area contributed by atoms with E-state index in [0.29, 0.717) is 13.0 Å². The zero-order valence-corrected chi connectivity index (χ0v) is 38.0. The molecule has 6 unspecified atom stereocenters. The molecule has 0 radical (unpaired) electrons. The van der Waals surface area contributed by atoms with Gasteiger partial charge in [-0.1, -0.05) is 154 Å². The Hall–Kier alpha value is -1.18. The van der Waals surface area contributed by atoms with Gasteiger partial charge in [-0.3, -0.25) is 13.8 Å². The highest BCUT2D eigenvalue weighted by Crippen LogP contribution is 2.47. The van der Waals surface area contributed by atoms with Gasteiger partial charge in [0.1, 0.15) is 42.7 Å². The summed E-state index contributed by atoms with van der Waals surface area (Å²) < 4.78 is 34.2. The van der Waals surface area contributed by atoms with Crippen molar-refractivity contribution in [3.63, 3.8) is 0 Å². The zero-order chi connectivity index (χ0) is 43.4. The number of phosphoric acid groups is 1. The molecule has 0 aliphatic heterocycles. The van der Waals surface area contributed by atoms with Gasteiger partial charge in [0.2, 0.25) is 0 Å². The Bertz CT molecular complexity index is 1070. The van der Waals surface area contributed by atoms with Gasteiger partial charge in [0, 0.05) is 13.0 Å². The van der Waals surface area contributed by atoms with E-state index >= 15 is 0 Å². The highest BCUT2D eigenvalue weighted by Gasteiger charge is 2.51. The van der Waals surface area contributed by atoms with Gasteiger partial charge >= 0.3 is 13.8 Å². The third-order valence-electron chi connectivity index (χ3n) is 11.0. The molecule has 59 heavy (non-hydrogen) atoms. The highest BCUT2D eigenvalue weighted by molar-refractivity contribution is 7.47. The van der Waals surface area contributed by atoms with Crippen molar-refractivity contribution in [3.8, 4) is 0 Å². The van der Waals surface area contributed by atoms with Gasteiger partial charge in [-0.2, -0.15) is 0 Å². The molecule has 1 aliphatic rings. The van der Waals surface area contributed by atoms with Crippen LogP contribution in [0.5, 0.6) is 0 Å². The normalized spacial score (nSPS) is 22.6. The van der Waals surface area contributed by atoms with Gasteiger partial charge < -0.3 is 39.9 Å². The standard InChI is InChI=1S/C46H87O12P/c1-3-5-7-9-11-13-15-17-18-19-20-21-22-23-24-26-28-30-32-34-36-55-37-39(57-40(47)35-33-31-29-27-25-16-14-12-10-8-6-4-2)38-56-59(53,54)58-46-44(51)42(49)41(48)43(50)45(46)52/h12,14,17-18,39,41-46,48-52H,3-11,13,15-16,19-38H2,1-2H3,(H,53,54)/b14-12-,18-17-. The SMILES string of the molecule is CCCCC/C=C\CCCCCCCC(=O)OC(COCCCCCCCCCCCC/C=C\CCCCCCCC)COP(=O)(O)OC1C(O)C(O)C(O)C(O)C1O. The van der Waals surface area contributed by atoms with E-state index in [-0.39, 0.29) is 13.0 Å². The number of aliphatic hydroxyl groups is 5. The number of rotatable bonds is 40. The number of carbonyl (C=O) groups is 1. The van der Waals surface area contributed by atoms with Gasteiger partial charge in [-0.15, -0.1) is 0 Å². The van der Waals surface area contributed by atoms with Crippen molar-refractivity contribution in [2.24, 2.45) is 0 Å². The highest BCUT2D eigenvalue weighted by atomic mass is 31.2. The van der Waals surface area contributed by atoms with E-state index in [1.165, 1.54) is 116 Å². The molecule has 348 valence electrons. The Morgan fingerprint density at radius 2 is 0.898 bits per heavy atom. The predicted octanol–water partition coefficient (Wildman–Crippen LogP) is 9.70. The quantitative estimate of drug-likeness (QED) is 0.0148.